The number of carbonyl (C=O) groups is 1. The van der Waals surface area contributed by atoms with Gasteiger partial charge in [0.05, 0.1) is 5.56 Å². The molecule has 0 aliphatic heterocycles. The van der Waals surface area contributed by atoms with Gasteiger partial charge in [-0.2, -0.15) is 0 Å². The molecule has 0 amide bonds. The van der Waals surface area contributed by atoms with Crippen molar-refractivity contribution >= 4 is 15.5 Å². The minimum Gasteiger partial charge on any atom is -0.511 e. The number of carbonyl (C=O) groups excluding carboxylic acids is 1. The Kier molecular flexibility index (Phi) is 2.70. The largest absolute Gasteiger partial charge is 0.770 e. The Morgan fingerprint density at radius 3 is 2.67 bits per heavy atom. The van der Waals surface area contributed by atoms with Crippen LogP contribution in [-0.4, -0.2) is 20.3 Å². The summed E-state index contributed by atoms with van der Waals surface area (Å²) < 4.78 is 14.8. The molecule has 1 aromatic rings. The maximum absolute atomic E-state index is 10.4. The third-order valence-corrected chi connectivity index (χ3v) is 1.64. The summed E-state index contributed by atoms with van der Waals surface area (Å²) in [5, 5.41) is 0. The molecule has 0 spiro atoms. The topological polar surface area (TPSA) is 63.6 Å². The molecule has 0 atom stereocenters. The lowest BCUT2D eigenvalue weighted by Crippen LogP contribution is -2.10. The highest BCUT2D eigenvalue weighted by Gasteiger charge is 2.08. The first-order valence-corrected chi connectivity index (χ1v) is 4.45. The SMILES string of the molecule is O=Cc1ccccc1O[Si](=O)O. The molecule has 5 heteroatoms. The van der Waals surface area contributed by atoms with Gasteiger partial charge in [-0.1, -0.05) is 12.1 Å². The van der Waals surface area contributed by atoms with E-state index in [1.807, 2.05) is 0 Å². The van der Waals surface area contributed by atoms with E-state index in [1.54, 1.807) is 12.1 Å². The first-order valence-electron chi connectivity index (χ1n) is 3.19. The highest BCUT2D eigenvalue weighted by Crippen LogP contribution is 2.14. The van der Waals surface area contributed by atoms with Gasteiger partial charge in [-0.3, -0.25) is 9.26 Å². The molecule has 4 nitrogen and oxygen atoms in total. The number of hydrogen-bond donors (Lipinski definition) is 1. The highest BCUT2D eigenvalue weighted by molar-refractivity contribution is 6.25. The van der Waals surface area contributed by atoms with Crippen LogP contribution in [0.5, 0.6) is 5.75 Å². The molecule has 0 aliphatic carbocycles. The lowest BCUT2D eigenvalue weighted by Gasteiger charge is -2.00. The van der Waals surface area contributed by atoms with E-state index in [-0.39, 0.29) is 11.3 Å². The van der Waals surface area contributed by atoms with Gasteiger partial charge in [0.2, 0.25) is 0 Å². The summed E-state index contributed by atoms with van der Waals surface area (Å²) in [4.78, 5) is 18.8. The molecule has 1 N–H and O–H groups in total. The van der Waals surface area contributed by atoms with Gasteiger partial charge >= 0.3 is 9.17 Å². The number of hydrogen-bond acceptors (Lipinski definition) is 3. The second kappa shape index (κ2) is 3.77. The van der Waals surface area contributed by atoms with E-state index in [4.69, 9.17) is 4.80 Å². The fourth-order valence-corrected chi connectivity index (χ4v) is 1.14. The van der Waals surface area contributed by atoms with Gasteiger partial charge < -0.3 is 9.22 Å². The first kappa shape index (κ1) is 8.60. The zero-order valence-corrected chi connectivity index (χ0v) is 7.06. The Hall–Kier alpha value is -1.49. The van der Waals surface area contributed by atoms with E-state index in [1.165, 1.54) is 12.1 Å². The molecule has 1 aromatic carbocycles. The molecule has 62 valence electrons. The Balaban J connectivity index is 2.96. The van der Waals surface area contributed by atoms with Crippen LogP contribution in [-0.2, 0) is 4.46 Å². The molecule has 12 heavy (non-hydrogen) atoms. The van der Waals surface area contributed by atoms with Crippen LogP contribution in [0.3, 0.4) is 0 Å². The molecular formula is C7H6O4Si. The summed E-state index contributed by atoms with van der Waals surface area (Å²) in [7, 11) is -3.03. The minimum atomic E-state index is -3.03. The standard InChI is InChI=1S/C7H6O4Si/c8-5-6-3-1-2-4-7(6)11-12(9)10/h1-5,9H. The second-order valence-corrected chi connectivity index (χ2v) is 2.76. The van der Waals surface area contributed by atoms with Crippen LogP contribution in [0, 0.1) is 0 Å². The summed E-state index contributed by atoms with van der Waals surface area (Å²) in [6, 6.07) is 6.23. The van der Waals surface area contributed by atoms with Crippen molar-refractivity contribution in [3.8, 4) is 5.75 Å². The van der Waals surface area contributed by atoms with Gasteiger partial charge in [0.25, 0.3) is 0 Å². The average Bonchev–Trinajstić information content (AvgIpc) is 2.04. The fraction of sp³-hybridized carbons (Fsp3) is 0. The van der Waals surface area contributed by atoms with Gasteiger partial charge in [0, 0.05) is 0 Å². The van der Waals surface area contributed by atoms with Crippen LogP contribution in [0.2, 0.25) is 0 Å². The van der Waals surface area contributed by atoms with Crippen LogP contribution in [0.1, 0.15) is 10.4 Å². The lowest BCUT2D eigenvalue weighted by molar-refractivity contribution is 0.112. The molecule has 0 saturated heterocycles. The number of para-hydroxylation sites is 1. The third-order valence-electron chi connectivity index (χ3n) is 1.24. The molecule has 0 unspecified atom stereocenters. The summed E-state index contributed by atoms with van der Waals surface area (Å²) >= 11 is 0. The summed E-state index contributed by atoms with van der Waals surface area (Å²) in [5.41, 5.74) is 0.268. The lowest BCUT2D eigenvalue weighted by atomic mass is 10.2. The van der Waals surface area contributed by atoms with Gasteiger partial charge in [-0.25, -0.2) is 0 Å². The monoisotopic (exact) mass is 182 g/mol. The Morgan fingerprint density at radius 2 is 2.08 bits per heavy atom. The van der Waals surface area contributed by atoms with Crippen molar-refractivity contribution in [1.82, 2.24) is 0 Å². The summed E-state index contributed by atoms with van der Waals surface area (Å²) in [5.74, 6) is 0.138. The minimum absolute atomic E-state index is 0.138. The van der Waals surface area contributed by atoms with Gasteiger partial charge in [0.1, 0.15) is 5.75 Å². The second-order valence-electron chi connectivity index (χ2n) is 2.02. The molecule has 0 radical (unpaired) electrons. The van der Waals surface area contributed by atoms with E-state index >= 15 is 0 Å². The fourth-order valence-electron chi connectivity index (χ4n) is 0.765. The van der Waals surface area contributed by atoms with Crippen molar-refractivity contribution in [2.75, 3.05) is 0 Å². The number of aldehydes is 1. The molecule has 1 rings (SSSR count). The molecule has 0 aromatic heterocycles. The normalized spacial score (nSPS) is 9.00. The molecule has 0 saturated carbocycles. The molecule has 0 aliphatic rings. The van der Waals surface area contributed by atoms with Gasteiger partial charge in [-0.05, 0) is 12.1 Å². The smallest absolute Gasteiger partial charge is 0.511 e. The van der Waals surface area contributed by atoms with E-state index in [2.05, 4.69) is 4.43 Å². The molecule has 0 heterocycles. The van der Waals surface area contributed by atoms with E-state index in [0.717, 1.165) is 0 Å². The van der Waals surface area contributed by atoms with Crippen molar-refractivity contribution < 1.29 is 18.5 Å². The van der Waals surface area contributed by atoms with Crippen molar-refractivity contribution in [1.29, 1.82) is 0 Å². The van der Waals surface area contributed by atoms with E-state index in [0.29, 0.717) is 6.29 Å². The van der Waals surface area contributed by atoms with Crippen LogP contribution < -0.4 is 4.43 Å². The third kappa shape index (κ3) is 1.99. The van der Waals surface area contributed by atoms with E-state index in [9.17, 15) is 9.26 Å². The highest BCUT2D eigenvalue weighted by atomic mass is 28.3. The van der Waals surface area contributed by atoms with Crippen LogP contribution in [0.4, 0.5) is 0 Å². The zero-order chi connectivity index (χ0) is 8.97. The van der Waals surface area contributed by atoms with Gasteiger partial charge in [-0.15, -0.1) is 0 Å². The average molecular weight is 182 g/mol. The predicted octanol–water partition coefficient (Wildman–Crippen LogP) is 0.286. The maximum Gasteiger partial charge on any atom is 0.770 e. The molecule has 0 bridgehead atoms. The quantitative estimate of drug-likeness (QED) is 0.539. The van der Waals surface area contributed by atoms with Crippen molar-refractivity contribution in [3.05, 3.63) is 29.8 Å². The summed E-state index contributed by atoms with van der Waals surface area (Å²) in [6.45, 7) is 0. The number of benzene rings is 1. The van der Waals surface area contributed by atoms with Crippen LogP contribution >= 0.6 is 0 Å². The zero-order valence-electron chi connectivity index (χ0n) is 6.06. The van der Waals surface area contributed by atoms with Crippen molar-refractivity contribution in [3.63, 3.8) is 0 Å². The van der Waals surface area contributed by atoms with Crippen molar-refractivity contribution in [2.45, 2.75) is 0 Å². The van der Waals surface area contributed by atoms with Crippen LogP contribution in [0.25, 0.3) is 0 Å². The molecule has 0 fully saturated rings. The predicted molar refractivity (Wildman–Crippen MR) is 41.1 cm³/mol. The van der Waals surface area contributed by atoms with Gasteiger partial charge in [0.15, 0.2) is 6.29 Å². The Bertz CT molecular complexity index is 310. The molecular weight excluding hydrogens is 176 g/mol. The van der Waals surface area contributed by atoms with E-state index < -0.39 is 9.17 Å². The Morgan fingerprint density at radius 1 is 1.42 bits per heavy atom. The van der Waals surface area contributed by atoms with Crippen molar-refractivity contribution in [2.24, 2.45) is 0 Å². The first-order chi connectivity index (χ1) is 5.74. The Labute approximate surface area is 70.3 Å². The van der Waals surface area contributed by atoms with Crippen LogP contribution in [0.15, 0.2) is 24.3 Å². The number of rotatable bonds is 3. The summed E-state index contributed by atoms with van der Waals surface area (Å²) in [6.07, 6.45) is 0.570. The maximum atomic E-state index is 10.4.